The first kappa shape index (κ1) is 13.2. The summed E-state index contributed by atoms with van der Waals surface area (Å²) in [6.07, 6.45) is -0.268. The second-order valence-corrected chi connectivity index (χ2v) is 6.83. The molecule has 98 valence electrons. The molecule has 1 heterocycles. The van der Waals surface area contributed by atoms with Crippen LogP contribution in [0.3, 0.4) is 0 Å². The number of anilines is 1. The van der Waals surface area contributed by atoms with Crippen molar-refractivity contribution < 1.29 is 17.9 Å². The average molecular weight is 290 g/mol. The Morgan fingerprint density at radius 2 is 2.17 bits per heavy atom. The summed E-state index contributed by atoms with van der Waals surface area (Å²) >= 11 is 5.76. The van der Waals surface area contributed by atoms with Crippen LogP contribution in [0.2, 0.25) is 5.02 Å². The van der Waals surface area contributed by atoms with Gasteiger partial charge in [0.1, 0.15) is 6.10 Å². The van der Waals surface area contributed by atoms with E-state index < -0.39 is 21.9 Å². The van der Waals surface area contributed by atoms with E-state index in [9.17, 15) is 13.2 Å². The number of hydrogen-bond acceptors (Lipinski definition) is 5. The van der Waals surface area contributed by atoms with Crippen LogP contribution in [0.4, 0.5) is 5.69 Å². The molecule has 1 aromatic rings. The molecule has 2 N–H and O–H groups in total. The summed E-state index contributed by atoms with van der Waals surface area (Å²) in [6.45, 7) is 0. The number of benzene rings is 1. The number of rotatable bonds is 2. The maximum absolute atomic E-state index is 11.8. The normalized spacial score (nSPS) is 21.7. The molecule has 0 amide bonds. The van der Waals surface area contributed by atoms with Gasteiger partial charge in [0.15, 0.2) is 9.84 Å². The number of halogens is 1. The molecule has 1 fully saturated rings. The Balaban J connectivity index is 2.11. The van der Waals surface area contributed by atoms with Crippen molar-refractivity contribution in [1.82, 2.24) is 0 Å². The van der Waals surface area contributed by atoms with E-state index in [1.165, 1.54) is 12.1 Å². The molecule has 2 rings (SSSR count). The summed E-state index contributed by atoms with van der Waals surface area (Å²) in [5, 5.41) is 0.371. The van der Waals surface area contributed by atoms with Gasteiger partial charge in [-0.05, 0) is 24.6 Å². The van der Waals surface area contributed by atoms with E-state index in [-0.39, 0.29) is 22.8 Å². The number of nitrogens with two attached hydrogens (primary N) is 1. The van der Waals surface area contributed by atoms with Crippen molar-refractivity contribution in [3.8, 4) is 0 Å². The molecule has 5 nitrogen and oxygen atoms in total. The van der Waals surface area contributed by atoms with Crippen LogP contribution in [-0.2, 0) is 14.6 Å². The van der Waals surface area contributed by atoms with E-state index in [1.807, 2.05) is 0 Å². The van der Waals surface area contributed by atoms with Gasteiger partial charge >= 0.3 is 5.97 Å². The van der Waals surface area contributed by atoms with Gasteiger partial charge in [-0.25, -0.2) is 13.2 Å². The number of sulfone groups is 1. The third-order valence-electron chi connectivity index (χ3n) is 2.70. The Labute approximate surface area is 110 Å². The molecule has 1 aromatic carbocycles. The molecule has 1 aliphatic rings. The van der Waals surface area contributed by atoms with Gasteiger partial charge in [0.25, 0.3) is 0 Å². The Morgan fingerprint density at radius 1 is 1.44 bits per heavy atom. The van der Waals surface area contributed by atoms with E-state index in [0.717, 1.165) is 0 Å². The van der Waals surface area contributed by atoms with Crippen LogP contribution in [-0.4, -0.2) is 32.0 Å². The lowest BCUT2D eigenvalue weighted by molar-refractivity contribution is 0.0357. The predicted molar refractivity (Wildman–Crippen MR) is 68.3 cm³/mol. The number of carbonyl (C=O) groups excluding carboxylic acids is 1. The standard InChI is InChI=1S/C11H12ClNO4S/c12-7-1-2-10(13)9(5-7)11(14)17-8-3-4-18(15,16)6-8/h1-2,5,8H,3-4,6,13H2. The van der Waals surface area contributed by atoms with Crippen LogP contribution in [0.15, 0.2) is 18.2 Å². The van der Waals surface area contributed by atoms with Crippen molar-refractivity contribution >= 4 is 33.1 Å². The maximum atomic E-state index is 11.8. The third kappa shape index (κ3) is 2.94. The molecule has 0 saturated carbocycles. The molecule has 1 atom stereocenters. The van der Waals surface area contributed by atoms with Crippen molar-refractivity contribution in [2.75, 3.05) is 17.2 Å². The minimum absolute atomic E-state index is 0.0516. The molecule has 18 heavy (non-hydrogen) atoms. The van der Waals surface area contributed by atoms with E-state index in [1.54, 1.807) is 6.07 Å². The lowest BCUT2D eigenvalue weighted by Gasteiger charge is -2.11. The topological polar surface area (TPSA) is 86.5 Å². The monoisotopic (exact) mass is 289 g/mol. The summed E-state index contributed by atoms with van der Waals surface area (Å²) in [5.41, 5.74) is 6.05. The SMILES string of the molecule is Nc1ccc(Cl)cc1C(=O)OC1CCS(=O)(=O)C1. The Kier molecular flexibility index (Phi) is 3.49. The Hall–Kier alpha value is -1.27. The zero-order valence-electron chi connectivity index (χ0n) is 9.43. The van der Waals surface area contributed by atoms with Gasteiger partial charge in [0.05, 0.1) is 17.1 Å². The van der Waals surface area contributed by atoms with E-state index in [4.69, 9.17) is 22.1 Å². The Bertz CT molecular complexity index is 585. The minimum atomic E-state index is -3.08. The molecule has 1 aliphatic heterocycles. The van der Waals surface area contributed by atoms with Crippen molar-refractivity contribution in [2.45, 2.75) is 12.5 Å². The molecule has 7 heteroatoms. The van der Waals surface area contributed by atoms with Gasteiger partial charge in [0.2, 0.25) is 0 Å². The van der Waals surface area contributed by atoms with Crippen molar-refractivity contribution in [3.05, 3.63) is 28.8 Å². The number of esters is 1. The molecule has 0 spiro atoms. The second kappa shape index (κ2) is 4.78. The smallest absolute Gasteiger partial charge is 0.340 e. The van der Waals surface area contributed by atoms with E-state index >= 15 is 0 Å². The maximum Gasteiger partial charge on any atom is 0.340 e. The van der Waals surface area contributed by atoms with Gasteiger partial charge in [-0.2, -0.15) is 0 Å². The van der Waals surface area contributed by atoms with Crippen LogP contribution < -0.4 is 5.73 Å². The number of nitrogen functional groups attached to an aromatic ring is 1. The molecule has 0 radical (unpaired) electrons. The third-order valence-corrected chi connectivity index (χ3v) is 4.67. The van der Waals surface area contributed by atoms with Gasteiger partial charge in [-0.1, -0.05) is 11.6 Å². The summed E-state index contributed by atoms with van der Waals surface area (Å²) in [7, 11) is -3.08. The molecular weight excluding hydrogens is 278 g/mol. The fraction of sp³-hybridized carbons (Fsp3) is 0.364. The van der Waals surface area contributed by atoms with Crippen LogP contribution >= 0.6 is 11.6 Å². The fourth-order valence-corrected chi connectivity index (χ4v) is 3.54. The summed E-state index contributed by atoms with van der Waals surface area (Å²) in [5.74, 6) is -0.716. The number of ether oxygens (including phenoxy) is 1. The largest absolute Gasteiger partial charge is 0.458 e. The lowest BCUT2D eigenvalue weighted by atomic mass is 10.2. The second-order valence-electron chi connectivity index (χ2n) is 4.16. The van der Waals surface area contributed by atoms with Gasteiger partial charge in [-0.15, -0.1) is 0 Å². The van der Waals surface area contributed by atoms with Gasteiger partial charge < -0.3 is 10.5 Å². The van der Waals surface area contributed by atoms with Crippen LogP contribution in [0.1, 0.15) is 16.8 Å². The predicted octanol–water partition coefficient (Wildman–Crippen LogP) is 1.27. The summed E-state index contributed by atoms with van der Waals surface area (Å²) in [6, 6.07) is 4.47. The zero-order chi connectivity index (χ0) is 13.3. The lowest BCUT2D eigenvalue weighted by Crippen LogP contribution is -2.20. The van der Waals surface area contributed by atoms with Gasteiger partial charge in [-0.3, -0.25) is 0 Å². The molecule has 0 bridgehead atoms. The molecule has 1 saturated heterocycles. The van der Waals surface area contributed by atoms with Gasteiger partial charge in [0, 0.05) is 10.7 Å². The first-order valence-corrected chi connectivity index (χ1v) is 7.54. The van der Waals surface area contributed by atoms with E-state index in [2.05, 4.69) is 0 Å². The molecule has 1 unspecified atom stereocenters. The fourth-order valence-electron chi connectivity index (χ4n) is 1.77. The highest BCUT2D eigenvalue weighted by molar-refractivity contribution is 7.91. The minimum Gasteiger partial charge on any atom is -0.458 e. The van der Waals surface area contributed by atoms with Crippen LogP contribution in [0, 0.1) is 0 Å². The average Bonchev–Trinajstić information content (AvgIpc) is 2.61. The summed E-state index contributed by atoms with van der Waals surface area (Å²) in [4.78, 5) is 11.8. The van der Waals surface area contributed by atoms with Crippen molar-refractivity contribution in [1.29, 1.82) is 0 Å². The van der Waals surface area contributed by atoms with Crippen LogP contribution in [0.25, 0.3) is 0 Å². The summed E-state index contributed by atoms with van der Waals surface area (Å²) < 4.78 is 27.6. The van der Waals surface area contributed by atoms with Crippen LogP contribution in [0.5, 0.6) is 0 Å². The highest BCUT2D eigenvalue weighted by atomic mass is 35.5. The first-order valence-electron chi connectivity index (χ1n) is 5.34. The number of carbonyl (C=O) groups is 1. The number of hydrogen-bond donors (Lipinski definition) is 1. The first-order chi connectivity index (χ1) is 8.37. The highest BCUT2D eigenvalue weighted by Crippen LogP contribution is 2.21. The van der Waals surface area contributed by atoms with Crippen molar-refractivity contribution in [3.63, 3.8) is 0 Å². The van der Waals surface area contributed by atoms with Crippen molar-refractivity contribution in [2.24, 2.45) is 0 Å². The molecular formula is C11H12ClNO4S. The highest BCUT2D eigenvalue weighted by Gasteiger charge is 2.31. The Morgan fingerprint density at radius 3 is 2.78 bits per heavy atom. The quantitative estimate of drug-likeness (QED) is 0.654. The molecule has 0 aliphatic carbocycles. The van der Waals surface area contributed by atoms with E-state index in [0.29, 0.717) is 11.4 Å². The zero-order valence-corrected chi connectivity index (χ0v) is 11.0. The molecule has 0 aromatic heterocycles.